The highest BCUT2D eigenvalue weighted by molar-refractivity contribution is 7.98. The van der Waals surface area contributed by atoms with Crippen LogP contribution in [0.5, 0.6) is 0 Å². The lowest BCUT2D eigenvalue weighted by atomic mass is 9.95. The van der Waals surface area contributed by atoms with E-state index in [2.05, 4.69) is 15.4 Å². The molecule has 0 bridgehead atoms. The van der Waals surface area contributed by atoms with Crippen LogP contribution in [-0.2, 0) is 10.5 Å². The number of nitrogens with two attached hydrogens (primary N) is 1. The van der Waals surface area contributed by atoms with Crippen molar-refractivity contribution in [1.29, 1.82) is 0 Å². The summed E-state index contributed by atoms with van der Waals surface area (Å²) in [5.74, 6) is 0.338. The van der Waals surface area contributed by atoms with Crippen LogP contribution < -0.4 is 11.1 Å². The molecule has 1 aliphatic rings. The molecule has 3 aromatic rings. The first kappa shape index (κ1) is 22.1. The Hall–Kier alpha value is -3.08. The summed E-state index contributed by atoms with van der Waals surface area (Å²) in [6.07, 6.45) is 0. The quantitative estimate of drug-likeness (QED) is 0.294. The molecular formula is C20H16Cl2N6O3S. The fourth-order valence-corrected chi connectivity index (χ4v) is 4.68. The van der Waals surface area contributed by atoms with Crippen LogP contribution in [0.4, 0.5) is 11.6 Å². The minimum Gasteiger partial charge on any atom is -0.366 e. The molecule has 164 valence electrons. The lowest BCUT2D eigenvalue weighted by molar-refractivity contribution is -0.384. The highest BCUT2D eigenvalue weighted by atomic mass is 35.5. The molecule has 3 N–H and O–H groups in total. The number of rotatable bonds is 6. The van der Waals surface area contributed by atoms with E-state index in [0.29, 0.717) is 43.7 Å². The highest BCUT2D eigenvalue weighted by Crippen LogP contribution is 2.39. The first-order valence-electron chi connectivity index (χ1n) is 9.30. The van der Waals surface area contributed by atoms with Crippen molar-refractivity contribution in [2.24, 2.45) is 5.73 Å². The molecule has 1 atom stereocenters. The van der Waals surface area contributed by atoms with Crippen LogP contribution in [0.1, 0.15) is 24.1 Å². The SMILES string of the molecule is CC1=C(C(N)=O)C(c2ccc(Cl)cc2Cl)n2nc(SCc3ccc([N+](=O)[O-])cc3)nc2N1. The number of carbonyl (C=O) groups excluding carboxylic acids is 1. The van der Waals surface area contributed by atoms with E-state index < -0.39 is 16.9 Å². The Labute approximate surface area is 196 Å². The van der Waals surface area contributed by atoms with Crippen LogP contribution in [0, 0.1) is 10.1 Å². The summed E-state index contributed by atoms with van der Waals surface area (Å²) in [5, 5.41) is 19.7. The van der Waals surface area contributed by atoms with Gasteiger partial charge in [0.25, 0.3) is 5.69 Å². The minimum atomic E-state index is -0.672. The molecule has 1 aliphatic heterocycles. The topological polar surface area (TPSA) is 129 Å². The second-order valence-electron chi connectivity index (χ2n) is 6.97. The molecular weight excluding hydrogens is 475 g/mol. The van der Waals surface area contributed by atoms with Gasteiger partial charge in [-0.05, 0) is 24.6 Å². The number of halogens is 2. The molecule has 0 fully saturated rings. The third-order valence-electron chi connectivity index (χ3n) is 4.87. The van der Waals surface area contributed by atoms with Crippen LogP contribution in [0.15, 0.2) is 58.9 Å². The predicted molar refractivity (Wildman–Crippen MR) is 123 cm³/mol. The van der Waals surface area contributed by atoms with Gasteiger partial charge >= 0.3 is 0 Å². The largest absolute Gasteiger partial charge is 0.366 e. The lowest BCUT2D eigenvalue weighted by Gasteiger charge is -2.28. The van der Waals surface area contributed by atoms with E-state index in [9.17, 15) is 14.9 Å². The van der Waals surface area contributed by atoms with Crippen molar-refractivity contribution < 1.29 is 9.72 Å². The number of benzene rings is 2. The molecule has 0 saturated heterocycles. The standard InChI is InChI=1S/C20H16Cl2N6O3S/c1-10-16(18(23)29)17(14-7-4-12(21)8-15(14)22)27-19(24-10)25-20(26-27)32-9-11-2-5-13(6-3-11)28(30)31/h2-8,17H,9H2,1H3,(H2,23,29)(H,24,25,26). The normalized spacial score (nSPS) is 15.3. The van der Waals surface area contributed by atoms with E-state index in [0.717, 1.165) is 5.56 Å². The fraction of sp³-hybridized carbons (Fsp3) is 0.150. The van der Waals surface area contributed by atoms with Gasteiger partial charge in [0, 0.05) is 39.2 Å². The first-order valence-corrected chi connectivity index (χ1v) is 11.0. The number of nitro groups is 1. The number of primary amides is 1. The summed E-state index contributed by atoms with van der Waals surface area (Å²) in [6, 6.07) is 10.6. The molecule has 0 radical (unpaired) electrons. The fourth-order valence-electron chi connectivity index (χ4n) is 3.38. The molecule has 1 unspecified atom stereocenters. The van der Waals surface area contributed by atoms with Gasteiger partial charge < -0.3 is 11.1 Å². The number of amides is 1. The molecule has 2 aromatic carbocycles. The number of hydrogen-bond acceptors (Lipinski definition) is 7. The number of carbonyl (C=O) groups is 1. The average Bonchev–Trinajstić information content (AvgIpc) is 3.14. The van der Waals surface area contributed by atoms with Crippen molar-refractivity contribution in [2.45, 2.75) is 23.9 Å². The number of nitrogens with zero attached hydrogens (tertiary/aromatic N) is 4. The van der Waals surface area contributed by atoms with E-state index in [4.69, 9.17) is 28.9 Å². The number of non-ortho nitro benzene ring substituents is 1. The van der Waals surface area contributed by atoms with Crippen molar-refractivity contribution in [2.75, 3.05) is 5.32 Å². The third kappa shape index (κ3) is 4.29. The Morgan fingerprint density at radius 3 is 2.62 bits per heavy atom. The van der Waals surface area contributed by atoms with Crippen LogP contribution in [-0.4, -0.2) is 25.6 Å². The molecule has 1 amide bonds. The summed E-state index contributed by atoms with van der Waals surface area (Å²) in [5.41, 5.74) is 8.08. The maximum absolute atomic E-state index is 12.3. The second kappa shape index (κ2) is 8.81. The van der Waals surface area contributed by atoms with Crippen LogP contribution in [0.2, 0.25) is 10.0 Å². The summed E-state index contributed by atoms with van der Waals surface area (Å²) in [6.45, 7) is 1.73. The number of nitrogens with one attached hydrogen (secondary N) is 1. The molecule has 0 spiro atoms. The molecule has 32 heavy (non-hydrogen) atoms. The molecule has 4 rings (SSSR count). The number of thioether (sulfide) groups is 1. The van der Waals surface area contributed by atoms with Crippen molar-refractivity contribution >= 4 is 52.5 Å². The van der Waals surface area contributed by atoms with Gasteiger partial charge in [0.05, 0.1) is 10.5 Å². The Morgan fingerprint density at radius 2 is 2.00 bits per heavy atom. The van der Waals surface area contributed by atoms with Crippen LogP contribution in [0.3, 0.4) is 0 Å². The Morgan fingerprint density at radius 1 is 1.28 bits per heavy atom. The Kier molecular flexibility index (Phi) is 6.09. The molecule has 1 aromatic heterocycles. The number of fused-ring (bicyclic) bond motifs is 1. The zero-order valence-corrected chi connectivity index (χ0v) is 18.9. The summed E-state index contributed by atoms with van der Waals surface area (Å²) >= 11 is 13.8. The van der Waals surface area contributed by atoms with E-state index >= 15 is 0 Å². The van der Waals surface area contributed by atoms with Crippen LogP contribution >= 0.6 is 35.0 Å². The van der Waals surface area contributed by atoms with Gasteiger partial charge in [0.2, 0.25) is 17.0 Å². The predicted octanol–water partition coefficient (Wildman–Crippen LogP) is 4.56. The van der Waals surface area contributed by atoms with Gasteiger partial charge in [-0.25, -0.2) is 4.68 Å². The summed E-state index contributed by atoms with van der Waals surface area (Å²) in [7, 11) is 0. The average molecular weight is 491 g/mol. The Balaban J connectivity index is 1.66. The van der Waals surface area contributed by atoms with E-state index in [-0.39, 0.29) is 5.69 Å². The van der Waals surface area contributed by atoms with Gasteiger partial charge in [0.15, 0.2) is 0 Å². The van der Waals surface area contributed by atoms with Gasteiger partial charge in [-0.1, -0.05) is 53.2 Å². The van der Waals surface area contributed by atoms with Crippen molar-refractivity contribution in [1.82, 2.24) is 14.8 Å². The van der Waals surface area contributed by atoms with E-state index in [1.165, 1.54) is 23.9 Å². The lowest BCUT2D eigenvalue weighted by Crippen LogP contribution is -2.32. The molecule has 0 saturated carbocycles. The maximum atomic E-state index is 12.3. The molecule has 9 nitrogen and oxygen atoms in total. The number of anilines is 1. The summed E-state index contributed by atoms with van der Waals surface area (Å²) in [4.78, 5) is 27.2. The van der Waals surface area contributed by atoms with E-state index in [1.54, 1.807) is 41.9 Å². The monoisotopic (exact) mass is 490 g/mol. The van der Waals surface area contributed by atoms with Crippen molar-refractivity contribution in [3.8, 4) is 0 Å². The van der Waals surface area contributed by atoms with E-state index in [1.807, 2.05) is 0 Å². The van der Waals surface area contributed by atoms with Crippen molar-refractivity contribution in [3.63, 3.8) is 0 Å². The Bertz CT molecular complexity index is 1260. The molecule has 2 heterocycles. The number of hydrogen-bond donors (Lipinski definition) is 2. The molecule has 12 heteroatoms. The van der Waals surface area contributed by atoms with Crippen molar-refractivity contribution in [3.05, 3.63) is 85.0 Å². The summed E-state index contributed by atoms with van der Waals surface area (Å²) < 4.78 is 1.57. The second-order valence-corrected chi connectivity index (χ2v) is 8.76. The first-order chi connectivity index (χ1) is 15.2. The minimum absolute atomic E-state index is 0.0294. The zero-order valence-electron chi connectivity index (χ0n) is 16.6. The molecule has 0 aliphatic carbocycles. The maximum Gasteiger partial charge on any atom is 0.269 e. The smallest absolute Gasteiger partial charge is 0.269 e. The van der Waals surface area contributed by atoms with Crippen LogP contribution in [0.25, 0.3) is 0 Å². The highest BCUT2D eigenvalue weighted by Gasteiger charge is 2.34. The van der Waals surface area contributed by atoms with Gasteiger partial charge in [-0.15, -0.1) is 5.10 Å². The van der Waals surface area contributed by atoms with Gasteiger partial charge in [0.1, 0.15) is 6.04 Å². The number of aromatic nitrogens is 3. The van der Waals surface area contributed by atoms with Gasteiger partial charge in [-0.2, -0.15) is 4.98 Å². The number of allylic oxidation sites excluding steroid dienone is 1. The zero-order chi connectivity index (χ0) is 23.0. The number of nitro benzene ring substituents is 1. The third-order valence-corrected chi connectivity index (χ3v) is 6.34. The van der Waals surface area contributed by atoms with Gasteiger partial charge in [-0.3, -0.25) is 14.9 Å².